The number of rotatable bonds is 6. The van der Waals surface area contributed by atoms with Crippen molar-refractivity contribution < 1.29 is 4.42 Å². The third kappa shape index (κ3) is 3.81. The predicted octanol–water partition coefficient (Wildman–Crippen LogP) is 5.45. The molecule has 0 saturated carbocycles. The number of furan rings is 1. The molecule has 0 aliphatic rings. The van der Waals surface area contributed by atoms with Crippen LogP contribution in [0.5, 0.6) is 0 Å². The van der Waals surface area contributed by atoms with Gasteiger partial charge in [-0.05, 0) is 50.6 Å². The van der Waals surface area contributed by atoms with E-state index in [1.54, 1.807) is 18.0 Å². The van der Waals surface area contributed by atoms with Gasteiger partial charge >= 0.3 is 0 Å². The van der Waals surface area contributed by atoms with Crippen LogP contribution < -0.4 is 5.32 Å². The van der Waals surface area contributed by atoms with Crippen molar-refractivity contribution >= 4 is 23.4 Å². The molecular weight excluding hydrogens is 290 g/mol. The molecule has 2 aromatic rings. The van der Waals surface area contributed by atoms with E-state index in [4.69, 9.17) is 16.0 Å². The number of hydrogen-bond donors (Lipinski definition) is 1. The fourth-order valence-electron chi connectivity index (χ4n) is 2.00. The Morgan fingerprint density at radius 3 is 2.75 bits per heavy atom. The molecule has 0 amide bonds. The second-order valence-electron chi connectivity index (χ2n) is 4.80. The molecule has 0 spiro atoms. The highest BCUT2D eigenvalue weighted by Gasteiger charge is 2.11. The maximum atomic E-state index is 6.41. The smallest absolute Gasteiger partial charge is 0.114 e. The fourth-order valence-corrected chi connectivity index (χ4v) is 3.29. The van der Waals surface area contributed by atoms with Crippen molar-refractivity contribution in [2.75, 3.05) is 6.54 Å². The molecular formula is C16H20ClNOS. The second-order valence-corrected chi connectivity index (χ2v) is 6.32. The van der Waals surface area contributed by atoms with E-state index in [1.807, 2.05) is 19.1 Å². The lowest BCUT2D eigenvalue weighted by Crippen LogP contribution is -2.19. The molecule has 0 radical (unpaired) electrons. The van der Waals surface area contributed by atoms with E-state index in [9.17, 15) is 0 Å². The molecule has 1 aromatic heterocycles. The zero-order chi connectivity index (χ0) is 14.5. The first kappa shape index (κ1) is 15.5. The highest BCUT2D eigenvalue weighted by Crippen LogP contribution is 2.34. The van der Waals surface area contributed by atoms with Gasteiger partial charge in [-0.1, -0.05) is 36.4 Å². The number of aryl methyl sites for hydroxylation is 1. The number of halogens is 1. The molecule has 1 N–H and O–H groups in total. The third-order valence-corrected chi connectivity index (χ3v) is 4.64. The summed E-state index contributed by atoms with van der Waals surface area (Å²) in [5.41, 5.74) is 1.15. The predicted molar refractivity (Wildman–Crippen MR) is 85.7 cm³/mol. The van der Waals surface area contributed by atoms with Gasteiger partial charge in [0.1, 0.15) is 5.76 Å². The molecule has 4 heteroatoms. The summed E-state index contributed by atoms with van der Waals surface area (Å²) in [7, 11) is 0. The summed E-state index contributed by atoms with van der Waals surface area (Å²) < 4.78 is 5.31. The van der Waals surface area contributed by atoms with Crippen LogP contribution in [0, 0.1) is 6.92 Å². The Hall–Kier alpha value is -0.900. The van der Waals surface area contributed by atoms with Crippen LogP contribution in [0.2, 0.25) is 5.02 Å². The minimum atomic E-state index is 0.275. The van der Waals surface area contributed by atoms with E-state index in [0.29, 0.717) is 0 Å². The van der Waals surface area contributed by atoms with Gasteiger partial charge < -0.3 is 9.73 Å². The van der Waals surface area contributed by atoms with Crippen LogP contribution in [0.1, 0.15) is 37.6 Å². The van der Waals surface area contributed by atoms with E-state index < -0.39 is 0 Å². The van der Waals surface area contributed by atoms with E-state index in [1.165, 1.54) is 0 Å². The quantitative estimate of drug-likeness (QED) is 0.767. The van der Waals surface area contributed by atoms with E-state index >= 15 is 0 Å². The summed E-state index contributed by atoms with van der Waals surface area (Å²) in [6.07, 6.45) is 2.83. The van der Waals surface area contributed by atoms with Gasteiger partial charge in [-0.25, -0.2) is 0 Å². The summed E-state index contributed by atoms with van der Waals surface area (Å²) >= 11 is 8.08. The summed E-state index contributed by atoms with van der Waals surface area (Å²) in [5, 5.41) is 4.27. The van der Waals surface area contributed by atoms with Crippen LogP contribution in [-0.4, -0.2) is 6.54 Å². The van der Waals surface area contributed by atoms with Crippen LogP contribution in [0.25, 0.3) is 0 Å². The Balaban J connectivity index is 2.11. The van der Waals surface area contributed by atoms with Gasteiger partial charge in [-0.3, -0.25) is 0 Å². The first-order valence-electron chi connectivity index (χ1n) is 6.86. The second kappa shape index (κ2) is 7.21. The maximum Gasteiger partial charge on any atom is 0.114 e. The van der Waals surface area contributed by atoms with Gasteiger partial charge in [-0.15, -0.1) is 0 Å². The third-order valence-electron chi connectivity index (χ3n) is 3.18. The van der Waals surface area contributed by atoms with Crippen molar-refractivity contribution in [3.63, 3.8) is 0 Å². The number of hydrogen-bond acceptors (Lipinski definition) is 3. The summed E-state index contributed by atoms with van der Waals surface area (Å²) in [4.78, 5) is 2.26. The molecule has 20 heavy (non-hydrogen) atoms. The molecule has 0 bridgehead atoms. The van der Waals surface area contributed by atoms with Crippen LogP contribution in [0.3, 0.4) is 0 Å². The number of benzene rings is 1. The standard InChI is InChI=1S/C16H20ClNOS/c1-4-8-18-11(2)14-6-5-13(10-15(14)17)20-16-7-9-19-12(16)3/h5-7,9-11,18H,4,8H2,1-3H3. The highest BCUT2D eigenvalue weighted by molar-refractivity contribution is 7.99. The molecule has 1 unspecified atom stereocenters. The minimum Gasteiger partial charge on any atom is -0.468 e. The largest absolute Gasteiger partial charge is 0.468 e. The van der Waals surface area contributed by atoms with E-state index in [-0.39, 0.29) is 6.04 Å². The fraction of sp³-hybridized carbons (Fsp3) is 0.375. The zero-order valence-electron chi connectivity index (χ0n) is 12.1. The molecule has 1 atom stereocenters. The van der Waals surface area contributed by atoms with Crippen molar-refractivity contribution in [2.24, 2.45) is 0 Å². The van der Waals surface area contributed by atoms with Crippen LogP contribution in [0.15, 0.2) is 44.7 Å². The Bertz CT molecular complexity index is 567. The summed E-state index contributed by atoms with van der Waals surface area (Å²) in [5.74, 6) is 0.938. The molecule has 0 fully saturated rings. The van der Waals surface area contributed by atoms with Crippen molar-refractivity contribution in [1.29, 1.82) is 0 Å². The zero-order valence-corrected chi connectivity index (χ0v) is 13.6. The molecule has 2 nitrogen and oxygen atoms in total. The van der Waals surface area contributed by atoms with Crippen molar-refractivity contribution in [3.05, 3.63) is 46.9 Å². The summed E-state index contributed by atoms with van der Waals surface area (Å²) in [6.45, 7) is 7.27. The van der Waals surface area contributed by atoms with Gasteiger partial charge in [-0.2, -0.15) is 0 Å². The average molecular weight is 310 g/mol. The van der Waals surface area contributed by atoms with Crippen molar-refractivity contribution in [1.82, 2.24) is 5.32 Å². The van der Waals surface area contributed by atoms with Crippen molar-refractivity contribution in [2.45, 2.75) is 43.0 Å². The van der Waals surface area contributed by atoms with Crippen LogP contribution in [0.4, 0.5) is 0 Å². The normalized spacial score (nSPS) is 12.6. The Morgan fingerprint density at radius 1 is 1.35 bits per heavy atom. The Morgan fingerprint density at radius 2 is 2.15 bits per heavy atom. The molecule has 0 saturated heterocycles. The van der Waals surface area contributed by atoms with Gasteiger partial charge in [0.25, 0.3) is 0 Å². The number of nitrogens with one attached hydrogen (secondary N) is 1. The topological polar surface area (TPSA) is 25.2 Å². The van der Waals surface area contributed by atoms with Gasteiger partial charge in [0.15, 0.2) is 0 Å². The molecule has 2 rings (SSSR count). The Labute approximate surface area is 129 Å². The average Bonchev–Trinajstić information content (AvgIpc) is 2.82. The maximum absolute atomic E-state index is 6.41. The molecule has 1 aromatic carbocycles. The SMILES string of the molecule is CCCNC(C)c1ccc(Sc2ccoc2C)cc1Cl. The first-order chi connectivity index (χ1) is 9.61. The monoisotopic (exact) mass is 309 g/mol. The Kier molecular flexibility index (Phi) is 5.58. The highest BCUT2D eigenvalue weighted by atomic mass is 35.5. The summed E-state index contributed by atoms with van der Waals surface area (Å²) in [6, 6.07) is 8.50. The molecule has 0 aliphatic heterocycles. The first-order valence-corrected chi connectivity index (χ1v) is 8.06. The van der Waals surface area contributed by atoms with E-state index in [0.717, 1.165) is 39.1 Å². The van der Waals surface area contributed by atoms with Gasteiger partial charge in [0.2, 0.25) is 0 Å². The molecule has 1 heterocycles. The van der Waals surface area contributed by atoms with Gasteiger partial charge in [0.05, 0.1) is 11.2 Å². The van der Waals surface area contributed by atoms with Crippen LogP contribution >= 0.6 is 23.4 Å². The van der Waals surface area contributed by atoms with Crippen molar-refractivity contribution in [3.8, 4) is 0 Å². The molecule has 0 aliphatic carbocycles. The van der Waals surface area contributed by atoms with E-state index in [2.05, 4.69) is 31.3 Å². The molecule has 108 valence electrons. The minimum absolute atomic E-state index is 0.275. The lowest BCUT2D eigenvalue weighted by atomic mass is 10.1. The van der Waals surface area contributed by atoms with Gasteiger partial charge in [0, 0.05) is 16.0 Å². The lowest BCUT2D eigenvalue weighted by molar-refractivity contribution is 0.527. The lowest BCUT2D eigenvalue weighted by Gasteiger charge is -2.15. The van der Waals surface area contributed by atoms with Crippen LogP contribution in [-0.2, 0) is 0 Å².